The summed E-state index contributed by atoms with van der Waals surface area (Å²) in [6, 6.07) is 0.202. The number of hydrogen-bond acceptors (Lipinski definition) is 5. The highest BCUT2D eigenvalue weighted by molar-refractivity contribution is 5.78. The SMILES string of the molecule is CC(CN1CCOCC1)NC(=O)CN1CCNCC1. The van der Waals surface area contributed by atoms with Gasteiger partial charge in [0.05, 0.1) is 19.8 Å². The topological polar surface area (TPSA) is 56.8 Å². The van der Waals surface area contributed by atoms with E-state index in [9.17, 15) is 4.79 Å². The maximum absolute atomic E-state index is 11.9. The predicted octanol–water partition coefficient (Wildman–Crippen LogP) is -1.27. The Hall–Kier alpha value is -0.690. The number of hydrogen-bond donors (Lipinski definition) is 2. The number of carbonyl (C=O) groups is 1. The van der Waals surface area contributed by atoms with E-state index in [1.54, 1.807) is 0 Å². The highest BCUT2D eigenvalue weighted by atomic mass is 16.5. The van der Waals surface area contributed by atoms with Crippen LogP contribution in [-0.4, -0.2) is 87.3 Å². The molecule has 6 heteroatoms. The number of piperazine rings is 1. The zero-order valence-corrected chi connectivity index (χ0v) is 11.9. The zero-order chi connectivity index (χ0) is 13.5. The molecule has 19 heavy (non-hydrogen) atoms. The van der Waals surface area contributed by atoms with Crippen LogP contribution in [0.5, 0.6) is 0 Å². The summed E-state index contributed by atoms with van der Waals surface area (Å²) in [6.07, 6.45) is 0. The van der Waals surface area contributed by atoms with Crippen molar-refractivity contribution in [2.75, 3.05) is 65.6 Å². The Balaban J connectivity index is 1.63. The molecule has 2 aliphatic heterocycles. The summed E-state index contributed by atoms with van der Waals surface area (Å²) in [4.78, 5) is 16.5. The van der Waals surface area contributed by atoms with Crippen LogP contribution in [-0.2, 0) is 9.53 Å². The maximum atomic E-state index is 11.9. The zero-order valence-electron chi connectivity index (χ0n) is 11.9. The van der Waals surface area contributed by atoms with Crippen LogP contribution >= 0.6 is 0 Å². The van der Waals surface area contributed by atoms with E-state index in [1.807, 2.05) is 0 Å². The Morgan fingerprint density at radius 3 is 2.58 bits per heavy atom. The summed E-state index contributed by atoms with van der Waals surface area (Å²) >= 11 is 0. The van der Waals surface area contributed by atoms with E-state index < -0.39 is 0 Å². The van der Waals surface area contributed by atoms with Gasteiger partial charge < -0.3 is 15.4 Å². The first kappa shape index (κ1) is 14.7. The average Bonchev–Trinajstić information content (AvgIpc) is 2.40. The number of ether oxygens (including phenoxy) is 1. The number of morpholine rings is 1. The summed E-state index contributed by atoms with van der Waals surface area (Å²) < 4.78 is 5.32. The molecule has 1 unspecified atom stereocenters. The molecular weight excluding hydrogens is 244 g/mol. The standard InChI is InChI=1S/C13H26N4O2/c1-12(10-17-6-8-19-9-7-17)15-13(18)11-16-4-2-14-3-5-16/h12,14H,2-11H2,1H3,(H,15,18). The summed E-state index contributed by atoms with van der Waals surface area (Å²) in [5, 5.41) is 6.38. The molecule has 6 nitrogen and oxygen atoms in total. The molecule has 0 radical (unpaired) electrons. The van der Waals surface area contributed by atoms with Crippen molar-refractivity contribution in [2.45, 2.75) is 13.0 Å². The van der Waals surface area contributed by atoms with Gasteiger partial charge in [0.15, 0.2) is 0 Å². The highest BCUT2D eigenvalue weighted by Gasteiger charge is 2.17. The van der Waals surface area contributed by atoms with E-state index in [4.69, 9.17) is 4.74 Å². The molecule has 2 fully saturated rings. The van der Waals surface area contributed by atoms with Crippen molar-refractivity contribution in [1.82, 2.24) is 20.4 Å². The van der Waals surface area contributed by atoms with Gasteiger partial charge in [0.2, 0.25) is 5.91 Å². The third kappa shape index (κ3) is 5.44. The van der Waals surface area contributed by atoms with E-state index in [1.165, 1.54) is 0 Å². The Kier molecular flexibility index (Phi) is 6.03. The second kappa shape index (κ2) is 7.79. The summed E-state index contributed by atoms with van der Waals surface area (Å²) in [5.41, 5.74) is 0. The van der Waals surface area contributed by atoms with E-state index in [0.29, 0.717) is 6.54 Å². The van der Waals surface area contributed by atoms with Crippen LogP contribution < -0.4 is 10.6 Å². The van der Waals surface area contributed by atoms with Crippen molar-refractivity contribution in [3.8, 4) is 0 Å². The smallest absolute Gasteiger partial charge is 0.234 e. The van der Waals surface area contributed by atoms with Crippen LogP contribution in [0.3, 0.4) is 0 Å². The lowest BCUT2D eigenvalue weighted by Crippen LogP contribution is -2.51. The minimum atomic E-state index is 0.141. The van der Waals surface area contributed by atoms with Gasteiger partial charge in [-0.05, 0) is 6.92 Å². The van der Waals surface area contributed by atoms with E-state index in [0.717, 1.165) is 59.0 Å². The fourth-order valence-electron chi connectivity index (χ4n) is 2.61. The molecule has 0 aromatic rings. The second-order valence-corrected chi connectivity index (χ2v) is 5.41. The third-order valence-corrected chi connectivity index (χ3v) is 3.62. The molecular formula is C13H26N4O2. The van der Waals surface area contributed by atoms with Crippen molar-refractivity contribution in [3.05, 3.63) is 0 Å². The first-order valence-electron chi connectivity index (χ1n) is 7.26. The minimum absolute atomic E-state index is 0.141. The molecule has 2 rings (SSSR count). The largest absolute Gasteiger partial charge is 0.379 e. The molecule has 110 valence electrons. The molecule has 0 aliphatic carbocycles. The summed E-state index contributed by atoms with van der Waals surface area (Å²) in [7, 11) is 0. The van der Waals surface area contributed by atoms with E-state index in [2.05, 4.69) is 27.4 Å². The van der Waals surface area contributed by atoms with E-state index in [-0.39, 0.29) is 11.9 Å². The molecule has 2 N–H and O–H groups in total. The van der Waals surface area contributed by atoms with Crippen LogP contribution in [0.25, 0.3) is 0 Å². The fourth-order valence-corrected chi connectivity index (χ4v) is 2.61. The number of nitrogens with zero attached hydrogens (tertiary/aromatic N) is 2. The predicted molar refractivity (Wildman–Crippen MR) is 74.2 cm³/mol. The van der Waals surface area contributed by atoms with Crippen molar-refractivity contribution >= 4 is 5.91 Å². The molecule has 0 aromatic heterocycles. The van der Waals surface area contributed by atoms with Crippen LogP contribution in [0.15, 0.2) is 0 Å². The molecule has 0 saturated carbocycles. The van der Waals surface area contributed by atoms with Crippen molar-refractivity contribution in [1.29, 1.82) is 0 Å². The first-order chi connectivity index (χ1) is 9.24. The molecule has 1 atom stereocenters. The summed E-state index contributed by atoms with van der Waals surface area (Å²) in [6.45, 7) is 11.0. The summed E-state index contributed by atoms with van der Waals surface area (Å²) in [5.74, 6) is 0.141. The molecule has 2 aliphatic rings. The molecule has 0 aromatic carbocycles. The van der Waals surface area contributed by atoms with Crippen molar-refractivity contribution < 1.29 is 9.53 Å². The van der Waals surface area contributed by atoms with Gasteiger partial charge in [-0.1, -0.05) is 0 Å². The van der Waals surface area contributed by atoms with E-state index >= 15 is 0 Å². The van der Waals surface area contributed by atoms with Gasteiger partial charge in [-0.3, -0.25) is 14.6 Å². The van der Waals surface area contributed by atoms with Gasteiger partial charge in [0.1, 0.15) is 0 Å². The van der Waals surface area contributed by atoms with Crippen LogP contribution in [0.1, 0.15) is 6.92 Å². The normalized spacial score (nSPS) is 24.1. The fraction of sp³-hybridized carbons (Fsp3) is 0.923. The lowest BCUT2D eigenvalue weighted by molar-refractivity contribution is -0.123. The third-order valence-electron chi connectivity index (χ3n) is 3.62. The van der Waals surface area contributed by atoms with Gasteiger partial charge in [0.25, 0.3) is 0 Å². The van der Waals surface area contributed by atoms with Gasteiger partial charge in [-0.2, -0.15) is 0 Å². The van der Waals surface area contributed by atoms with Crippen LogP contribution in [0.2, 0.25) is 0 Å². The number of rotatable bonds is 5. The molecule has 0 bridgehead atoms. The average molecular weight is 270 g/mol. The van der Waals surface area contributed by atoms with Crippen molar-refractivity contribution in [2.24, 2.45) is 0 Å². The monoisotopic (exact) mass is 270 g/mol. The Morgan fingerprint density at radius 2 is 1.89 bits per heavy atom. The molecule has 2 heterocycles. The number of amides is 1. The second-order valence-electron chi connectivity index (χ2n) is 5.41. The number of carbonyl (C=O) groups excluding carboxylic acids is 1. The van der Waals surface area contributed by atoms with Gasteiger partial charge in [-0.15, -0.1) is 0 Å². The molecule has 2 saturated heterocycles. The minimum Gasteiger partial charge on any atom is -0.379 e. The Morgan fingerprint density at radius 1 is 1.21 bits per heavy atom. The van der Waals surface area contributed by atoms with Crippen LogP contribution in [0, 0.1) is 0 Å². The van der Waals surface area contributed by atoms with Crippen molar-refractivity contribution in [3.63, 3.8) is 0 Å². The highest BCUT2D eigenvalue weighted by Crippen LogP contribution is 1.99. The quantitative estimate of drug-likeness (QED) is 0.652. The number of nitrogens with one attached hydrogen (secondary N) is 2. The molecule has 1 amide bonds. The molecule has 0 spiro atoms. The van der Waals surface area contributed by atoms with Gasteiger partial charge in [-0.25, -0.2) is 0 Å². The lowest BCUT2D eigenvalue weighted by atomic mass is 10.2. The maximum Gasteiger partial charge on any atom is 0.234 e. The van der Waals surface area contributed by atoms with Gasteiger partial charge in [0, 0.05) is 51.9 Å². The van der Waals surface area contributed by atoms with Gasteiger partial charge >= 0.3 is 0 Å². The first-order valence-corrected chi connectivity index (χ1v) is 7.26. The Bertz CT molecular complexity index is 276. The Labute approximate surface area is 115 Å². The van der Waals surface area contributed by atoms with Crippen LogP contribution in [0.4, 0.5) is 0 Å². The lowest BCUT2D eigenvalue weighted by Gasteiger charge is -2.30.